The first-order valence-corrected chi connectivity index (χ1v) is 11.5. The van der Waals surface area contributed by atoms with Gasteiger partial charge in [0.2, 0.25) is 5.91 Å². The number of pyridine rings is 1. The quantitative estimate of drug-likeness (QED) is 0.385. The van der Waals surface area contributed by atoms with Crippen molar-refractivity contribution < 1.29 is 4.79 Å². The fourth-order valence-corrected chi connectivity index (χ4v) is 4.13. The van der Waals surface area contributed by atoms with Crippen LogP contribution in [0.1, 0.15) is 25.0 Å². The van der Waals surface area contributed by atoms with Crippen LogP contribution in [-0.2, 0) is 17.8 Å². The highest BCUT2D eigenvalue weighted by atomic mass is 32.2. The molecule has 0 saturated carbocycles. The number of benzene rings is 2. The summed E-state index contributed by atoms with van der Waals surface area (Å²) in [6.07, 6.45) is 4.45. The highest BCUT2D eigenvalue weighted by Crippen LogP contribution is 2.28. The molecule has 0 fully saturated rings. The Morgan fingerprint density at radius 1 is 0.969 bits per heavy atom. The molecule has 2 heterocycles. The Hall–Kier alpha value is -3.45. The Morgan fingerprint density at radius 2 is 1.69 bits per heavy atom. The summed E-state index contributed by atoms with van der Waals surface area (Å²) in [5, 5.41) is 12.2. The molecular weight excluding hydrogens is 418 g/mol. The number of thioether (sulfide) groups is 1. The number of nitrogens with one attached hydrogen (secondary N) is 1. The van der Waals surface area contributed by atoms with Gasteiger partial charge >= 0.3 is 0 Å². The second-order valence-electron chi connectivity index (χ2n) is 7.41. The van der Waals surface area contributed by atoms with Crippen LogP contribution >= 0.6 is 11.8 Å². The number of nitrogens with zero attached hydrogens (tertiary/aromatic N) is 4. The van der Waals surface area contributed by atoms with Crippen molar-refractivity contribution >= 4 is 23.4 Å². The molecule has 2 aromatic carbocycles. The number of anilines is 1. The summed E-state index contributed by atoms with van der Waals surface area (Å²) in [7, 11) is 0. The van der Waals surface area contributed by atoms with Crippen LogP contribution in [-0.4, -0.2) is 30.9 Å². The Kier molecular flexibility index (Phi) is 6.97. The largest absolute Gasteiger partial charge is 0.325 e. The van der Waals surface area contributed by atoms with Gasteiger partial charge in [-0.15, -0.1) is 10.2 Å². The van der Waals surface area contributed by atoms with E-state index in [-0.39, 0.29) is 11.2 Å². The number of carbonyl (C=O) groups excluding carboxylic acids is 1. The summed E-state index contributed by atoms with van der Waals surface area (Å²) in [6.45, 7) is 4.60. The van der Waals surface area contributed by atoms with Gasteiger partial charge in [-0.1, -0.05) is 61.2 Å². The first-order valence-electron chi connectivity index (χ1n) is 10.6. The van der Waals surface area contributed by atoms with Crippen LogP contribution in [0.5, 0.6) is 0 Å². The lowest BCUT2D eigenvalue weighted by atomic mass is 10.1. The van der Waals surface area contributed by atoms with E-state index in [2.05, 4.69) is 44.1 Å². The van der Waals surface area contributed by atoms with E-state index < -0.39 is 0 Å². The van der Waals surface area contributed by atoms with Gasteiger partial charge < -0.3 is 5.32 Å². The first-order chi connectivity index (χ1) is 15.6. The maximum Gasteiger partial charge on any atom is 0.237 e. The van der Waals surface area contributed by atoms with Gasteiger partial charge in [0.25, 0.3) is 0 Å². The van der Waals surface area contributed by atoms with E-state index in [4.69, 9.17) is 0 Å². The highest BCUT2D eigenvalue weighted by molar-refractivity contribution is 8.00. The molecule has 1 amide bonds. The molecular formula is C25H25N5OS. The van der Waals surface area contributed by atoms with E-state index >= 15 is 0 Å². The number of aryl methyl sites for hydroxylation is 1. The molecule has 4 aromatic rings. The van der Waals surface area contributed by atoms with Gasteiger partial charge in [0.15, 0.2) is 11.0 Å². The van der Waals surface area contributed by atoms with Gasteiger partial charge in [0, 0.05) is 23.6 Å². The zero-order valence-electron chi connectivity index (χ0n) is 18.1. The zero-order chi connectivity index (χ0) is 22.3. The van der Waals surface area contributed by atoms with Gasteiger partial charge in [-0.05, 0) is 48.7 Å². The van der Waals surface area contributed by atoms with Crippen molar-refractivity contribution in [2.45, 2.75) is 37.2 Å². The van der Waals surface area contributed by atoms with Crippen molar-refractivity contribution in [2.75, 3.05) is 5.32 Å². The molecule has 0 bridgehead atoms. The van der Waals surface area contributed by atoms with Crippen LogP contribution in [0.2, 0.25) is 0 Å². The third-order valence-corrected chi connectivity index (χ3v) is 6.20. The summed E-state index contributed by atoms with van der Waals surface area (Å²) in [5.74, 6) is 0.681. The lowest BCUT2D eigenvalue weighted by Crippen LogP contribution is -2.23. The van der Waals surface area contributed by atoms with Crippen LogP contribution in [0.3, 0.4) is 0 Å². The number of carbonyl (C=O) groups is 1. The molecule has 1 N–H and O–H groups in total. The zero-order valence-corrected chi connectivity index (χ0v) is 18.9. The van der Waals surface area contributed by atoms with Crippen LogP contribution < -0.4 is 5.32 Å². The molecule has 0 radical (unpaired) electrons. The average Bonchev–Trinajstić information content (AvgIpc) is 3.22. The molecule has 1 unspecified atom stereocenters. The number of hydrogen-bond acceptors (Lipinski definition) is 5. The summed E-state index contributed by atoms with van der Waals surface area (Å²) < 4.78 is 2.05. The molecule has 2 aromatic heterocycles. The third kappa shape index (κ3) is 5.23. The van der Waals surface area contributed by atoms with Gasteiger partial charge in [-0.25, -0.2) is 0 Å². The molecule has 1 atom stereocenters. The fraction of sp³-hybridized carbons (Fsp3) is 0.200. The van der Waals surface area contributed by atoms with Crippen molar-refractivity contribution in [1.82, 2.24) is 19.7 Å². The number of hydrogen-bond donors (Lipinski definition) is 1. The smallest absolute Gasteiger partial charge is 0.237 e. The predicted molar refractivity (Wildman–Crippen MR) is 129 cm³/mol. The summed E-state index contributed by atoms with van der Waals surface area (Å²) in [5.41, 5.74) is 4.10. The van der Waals surface area contributed by atoms with E-state index in [9.17, 15) is 4.79 Å². The summed E-state index contributed by atoms with van der Waals surface area (Å²) in [4.78, 5) is 16.9. The minimum Gasteiger partial charge on any atom is -0.325 e. The molecule has 4 rings (SSSR count). The van der Waals surface area contributed by atoms with Gasteiger partial charge in [0.1, 0.15) is 0 Å². The van der Waals surface area contributed by atoms with E-state index in [0.29, 0.717) is 11.7 Å². The molecule has 6 nitrogen and oxygen atoms in total. The standard InChI is InChI=1S/C25H25N5OS/c1-3-19-9-11-22(12-10-19)27-24(31)18(2)32-25-29-28-23(21-13-15-26-16-14-21)30(25)17-20-7-5-4-6-8-20/h4-16,18H,3,17H2,1-2H3,(H,27,31). The normalized spacial score (nSPS) is 11.8. The van der Waals surface area contributed by atoms with Crippen LogP contribution in [0.15, 0.2) is 84.3 Å². The first kappa shape index (κ1) is 21.8. The van der Waals surface area contributed by atoms with Crippen LogP contribution in [0, 0.1) is 0 Å². The molecule has 0 aliphatic rings. The summed E-state index contributed by atoms with van der Waals surface area (Å²) >= 11 is 1.40. The monoisotopic (exact) mass is 443 g/mol. The number of amides is 1. The highest BCUT2D eigenvalue weighted by Gasteiger charge is 2.21. The molecule has 162 valence electrons. The lowest BCUT2D eigenvalue weighted by molar-refractivity contribution is -0.115. The second kappa shape index (κ2) is 10.2. The topological polar surface area (TPSA) is 72.7 Å². The van der Waals surface area contributed by atoms with Crippen molar-refractivity contribution in [1.29, 1.82) is 0 Å². The third-order valence-electron chi connectivity index (χ3n) is 5.12. The Bertz CT molecular complexity index is 1160. The van der Waals surface area contributed by atoms with Crippen molar-refractivity contribution in [3.05, 3.63) is 90.3 Å². The molecule has 32 heavy (non-hydrogen) atoms. The van der Waals surface area contributed by atoms with Crippen LogP contribution in [0.4, 0.5) is 5.69 Å². The van der Waals surface area contributed by atoms with Gasteiger partial charge in [-0.2, -0.15) is 0 Å². The van der Waals surface area contributed by atoms with E-state index in [1.807, 2.05) is 61.5 Å². The maximum atomic E-state index is 12.8. The molecule has 0 spiro atoms. The van der Waals surface area contributed by atoms with Crippen molar-refractivity contribution in [3.63, 3.8) is 0 Å². The SMILES string of the molecule is CCc1ccc(NC(=O)C(C)Sc2nnc(-c3ccncc3)n2Cc2ccccc2)cc1. The van der Waals surface area contributed by atoms with E-state index in [1.165, 1.54) is 17.3 Å². The average molecular weight is 444 g/mol. The second-order valence-corrected chi connectivity index (χ2v) is 8.72. The fourth-order valence-electron chi connectivity index (χ4n) is 3.28. The Balaban J connectivity index is 1.55. The minimum absolute atomic E-state index is 0.0704. The van der Waals surface area contributed by atoms with Gasteiger partial charge in [0.05, 0.1) is 11.8 Å². The van der Waals surface area contributed by atoms with Gasteiger partial charge in [-0.3, -0.25) is 14.3 Å². The molecule has 0 saturated heterocycles. The lowest BCUT2D eigenvalue weighted by Gasteiger charge is -2.14. The van der Waals surface area contributed by atoms with E-state index in [1.54, 1.807) is 12.4 Å². The Labute approximate surface area is 192 Å². The summed E-state index contributed by atoms with van der Waals surface area (Å²) in [6, 6.07) is 21.9. The molecule has 0 aliphatic carbocycles. The van der Waals surface area contributed by atoms with Crippen molar-refractivity contribution in [3.8, 4) is 11.4 Å². The molecule has 7 heteroatoms. The number of aromatic nitrogens is 4. The van der Waals surface area contributed by atoms with E-state index in [0.717, 1.165) is 29.1 Å². The number of rotatable bonds is 8. The predicted octanol–water partition coefficient (Wildman–Crippen LogP) is 5.07. The minimum atomic E-state index is -0.343. The van der Waals surface area contributed by atoms with Crippen LogP contribution in [0.25, 0.3) is 11.4 Å². The maximum absolute atomic E-state index is 12.8. The Morgan fingerprint density at radius 3 is 2.38 bits per heavy atom. The molecule has 0 aliphatic heterocycles. The van der Waals surface area contributed by atoms with Crippen molar-refractivity contribution in [2.24, 2.45) is 0 Å².